The Morgan fingerprint density at radius 2 is 1.69 bits per heavy atom. The number of ether oxygens (including phenoxy) is 1. The van der Waals surface area contributed by atoms with Gasteiger partial charge in [0, 0.05) is 5.57 Å². The van der Waals surface area contributed by atoms with Gasteiger partial charge in [-0.25, -0.2) is 4.79 Å². The maximum atomic E-state index is 11.1. The molecule has 0 aromatic rings. The lowest BCUT2D eigenvalue weighted by Crippen LogP contribution is -2.17. The number of rotatable bonds is 7. The highest BCUT2D eigenvalue weighted by Crippen LogP contribution is 2.25. The van der Waals surface area contributed by atoms with E-state index in [1.165, 1.54) is 0 Å². The fourth-order valence-corrected chi connectivity index (χ4v) is 2.04. The van der Waals surface area contributed by atoms with Gasteiger partial charge < -0.3 is 4.74 Å². The minimum absolute atomic E-state index is 0.273. The number of esters is 1. The maximum absolute atomic E-state index is 11.1. The van der Waals surface area contributed by atoms with Crippen molar-refractivity contribution in [1.29, 1.82) is 0 Å². The summed E-state index contributed by atoms with van der Waals surface area (Å²) in [6.07, 6.45) is 2.07. The molecule has 0 unspecified atom stereocenters. The summed E-state index contributed by atoms with van der Waals surface area (Å²) in [5.74, 6) is 1.82. The summed E-state index contributed by atoms with van der Waals surface area (Å²) in [5.41, 5.74) is 0.476. The fourth-order valence-electron chi connectivity index (χ4n) is 2.04. The average Bonchev–Trinajstić information content (AvgIpc) is 2.15. The number of hydrogen-bond acceptors (Lipinski definition) is 2. The number of carbonyl (C=O) groups excluding carboxylic acids is 1. The molecular formula is C14H26O2. The lowest BCUT2D eigenvalue weighted by molar-refractivity contribution is -0.139. The molecule has 0 amide bonds. The van der Waals surface area contributed by atoms with Crippen LogP contribution in [0.5, 0.6) is 0 Å². The topological polar surface area (TPSA) is 26.3 Å². The van der Waals surface area contributed by atoms with Gasteiger partial charge in [0.2, 0.25) is 0 Å². The predicted octanol–water partition coefficient (Wildman–Crippen LogP) is 3.81. The van der Waals surface area contributed by atoms with Crippen LogP contribution in [-0.2, 0) is 9.53 Å². The summed E-state index contributed by atoms with van der Waals surface area (Å²) in [4.78, 5) is 11.1. The molecule has 0 radical (unpaired) electrons. The molecule has 0 saturated heterocycles. The molecule has 0 aromatic carbocycles. The van der Waals surface area contributed by atoms with Crippen molar-refractivity contribution in [1.82, 2.24) is 0 Å². The summed E-state index contributed by atoms with van der Waals surface area (Å²) >= 11 is 0. The Balaban J connectivity index is 3.79. The van der Waals surface area contributed by atoms with Crippen LogP contribution in [-0.4, -0.2) is 12.6 Å². The molecule has 0 atom stereocenters. The quantitative estimate of drug-likeness (QED) is 0.375. The molecule has 0 fully saturated rings. The predicted molar refractivity (Wildman–Crippen MR) is 68.2 cm³/mol. The molecule has 0 rings (SSSR count). The first-order chi connectivity index (χ1) is 7.36. The van der Waals surface area contributed by atoms with Crippen molar-refractivity contribution in [3.8, 4) is 0 Å². The lowest BCUT2D eigenvalue weighted by Gasteiger charge is -2.24. The molecule has 16 heavy (non-hydrogen) atoms. The zero-order valence-electron chi connectivity index (χ0n) is 11.4. The summed E-state index contributed by atoms with van der Waals surface area (Å²) in [6.45, 7) is 14.8. The monoisotopic (exact) mass is 226 g/mol. The van der Waals surface area contributed by atoms with Gasteiger partial charge in [0.15, 0.2) is 0 Å². The van der Waals surface area contributed by atoms with Gasteiger partial charge in [-0.05, 0) is 37.5 Å². The van der Waals surface area contributed by atoms with E-state index < -0.39 is 0 Å². The molecule has 2 nitrogen and oxygen atoms in total. The molecule has 0 N–H and O–H groups in total. The molecule has 94 valence electrons. The van der Waals surface area contributed by atoms with Gasteiger partial charge in [-0.1, -0.05) is 34.3 Å². The van der Waals surface area contributed by atoms with Crippen LogP contribution in [0.4, 0.5) is 0 Å². The Hall–Kier alpha value is -0.790. The van der Waals surface area contributed by atoms with E-state index in [-0.39, 0.29) is 5.97 Å². The van der Waals surface area contributed by atoms with E-state index in [0.29, 0.717) is 29.9 Å². The minimum Gasteiger partial charge on any atom is -0.462 e. The van der Waals surface area contributed by atoms with E-state index in [9.17, 15) is 4.79 Å². The van der Waals surface area contributed by atoms with Crippen LogP contribution < -0.4 is 0 Å². The third-order valence-corrected chi connectivity index (χ3v) is 2.98. The summed E-state index contributed by atoms with van der Waals surface area (Å²) in [6, 6.07) is 0. The van der Waals surface area contributed by atoms with Crippen LogP contribution in [0.3, 0.4) is 0 Å². The van der Waals surface area contributed by atoms with E-state index in [0.717, 1.165) is 12.8 Å². The van der Waals surface area contributed by atoms with E-state index in [1.54, 1.807) is 6.92 Å². The maximum Gasteiger partial charge on any atom is 0.333 e. The molecule has 0 spiro atoms. The molecule has 0 bridgehead atoms. The second kappa shape index (κ2) is 7.48. The molecule has 2 heteroatoms. The van der Waals surface area contributed by atoms with Crippen LogP contribution in [0.25, 0.3) is 0 Å². The first-order valence-electron chi connectivity index (χ1n) is 6.18. The van der Waals surface area contributed by atoms with E-state index in [4.69, 9.17) is 4.74 Å². The highest BCUT2D eigenvalue weighted by Gasteiger charge is 2.16. The summed E-state index contributed by atoms with van der Waals surface area (Å²) < 4.78 is 5.07. The zero-order valence-corrected chi connectivity index (χ0v) is 11.4. The van der Waals surface area contributed by atoms with Gasteiger partial charge in [0.05, 0.1) is 6.61 Å². The van der Waals surface area contributed by atoms with E-state index in [1.807, 2.05) is 0 Å². The van der Waals surface area contributed by atoms with E-state index >= 15 is 0 Å². The van der Waals surface area contributed by atoms with Gasteiger partial charge >= 0.3 is 5.97 Å². The largest absolute Gasteiger partial charge is 0.462 e. The number of hydrogen-bond donors (Lipinski definition) is 0. The third kappa shape index (κ3) is 5.94. The van der Waals surface area contributed by atoms with Crippen molar-refractivity contribution in [2.75, 3.05) is 6.61 Å². The second-order valence-corrected chi connectivity index (χ2v) is 5.21. The fraction of sp³-hybridized carbons (Fsp3) is 0.786. The molecule has 0 aliphatic heterocycles. The Bertz CT molecular complexity index is 221. The van der Waals surface area contributed by atoms with Gasteiger partial charge in [-0.3, -0.25) is 0 Å². The lowest BCUT2D eigenvalue weighted by atomic mass is 9.82. The molecule has 0 heterocycles. The third-order valence-electron chi connectivity index (χ3n) is 2.98. The standard InChI is InChI=1S/C14H26O2/c1-10(2)13(11(3)4)8-7-9-16-14(15)12(5)6/h10-11,13H,5,7-9H2,1-4,6H3. The van der Waals surface area contributed by atoms with Crippen molar-refractivity contribution >= 4 is 5.97 Å². The van der Waals surface area contributed by atoms with Gasteiger partial charge in [0.25, 0.3) is 0 Å². The van der Waals surface area contributed by atoms with Crippen LogP contribution in [0.15, 0.2) is 12.2 Å². The highest BCUT2D eigenvalue weighted by atomic mass is 16.5. The van der Waals surface area contributed by atoms with Crippen LogP contribution in [0.1, 0.15) is 47.5 Å². The Labute approximate surface area is 100 Å². The Morgan fingerprint density at radius 1 is 1.19 bits per heavy atom. The normalized spacial score (nSPS) is 11.2. The van der Waals surface area contributed by atoms with Crippen LogP contribution in [0, 0.1) is 17.8 Å². The van der Waals surface area contributed by atoms with E-state index in [2.05, 4.69) is 34.3 Å². The zero-order chi connectivity index (χ0) is 12.7. The molecule has 0 aliphatic carbocycles. The van der Waals surface area contributed by atoms with Gasteiger partial charge in [-0.2, -0.15) is 0 Å². The molecule has 0 aliphatic rings. The molecular weight excluding hydrogens is 200 g/mol. The van der Waals surface area contributed by atoms with Crippen molar-refractivity contribution < 1.29 is 9.53 Å². The minimum atomic E-state index is -0.273. The van der Waals surface area contributed by atoms with Crippen LogP contribution in [0.2, 0.25) is 0 Å². The molecule has 0 saturated carbocycles. The second-order valence-electron chi connectivity index (χ2n) is 5.21. The Morgan fingerprint density at radius 3 is 2.06 bits per heavy atom. The van der Waals surface area contributed by atoms with Crippen molar-refractivity contribution in [2.24, 2.45) is 17.8 Å². The van der Waals surface area contributed by atoms with Crippen LogP contribution >= 0.6 is 0 Å². The smallest absolute Gasteiger partial charge is 0.333 e. The first-order valence-corrected chi connectivity index (χ1v) is 6.18. The highest BCUT2D eigenvalue weighted by molar-refractivity contribution is 5.86. The SMILES string of the molecule is C=C(C)C(=O)OCCCC(C(C)C)C(C)C. The van der Waals surface area contributed by atoms with Crippen molar-refractivity contribution in [3.63, 3.8) is 0 Å². The van der Waals surface area contributed by atoms with Gasteiger partial charge in [0.1, 0.15) is 0 Å². The van der Waals surface area contributed by atoms with Crippen molar-refractivity contribution in [2.45, 2.75) is 47.5 Å². The number of carbonyl (C=O) groups is 1. The average molecular weight is 226 g/mol. The summed E-state index contributed by atoms with van der Waals surface area (Å²) in [5, 5.41) is 0. The Kier molecular flexibility index (Phi) is 7.11. The van der Waals surface area contributed by atoms with Gasteiger partial charge in [-0.15, -0.1) is 0 Å². The summed E-state index contributed by atoms with van der Waals surface area (Å²) in [7, 11) is 0. The van der Waals surface area contributed by atoms with Crippen molar-refractivity contribution in [3.05, 3.63) is 12.2 Å². The molecule has 0 aromatic heterocycles. The first kappa shape index (κ1) is 15.2.